The Morgan fingerprint density at radius 3 is 2.50 bits per heavy atom. The van der Waals surface area contributed by atoms with Crippen molar-refractivity contribution >= 4 is 0 Å². The van der Waals surface area contributed by atoms with Gasteiger partial charge in [0.2, 0.25) is 0 Å². The number of nitrogens with two attached hydrogens (primary N) is 1. The van der Waals surface area contributed by atoms with Gasteiger partial charge in [-0.05, 0) is 26.6 Å². The molecule has 2 heterocycles. The van der Waals surface area contributed by atoms with Gasteiger partial charge in [0.25, 0.3) is 0 Å². The van der Waals surface area contributed by atoms with Gasteiger partial charge in [-0.2, -0.15) is 0 Å². The highest BCUT2D eigenvalue weighted by molar-refractivity contribution is 4.77. The monoisotopic (exact) mass is 256 g/mol. The average Bonchev–Trinajstić information content (AvgIpc) is 2.38. The third-order valence-corrected chi connectivity index (χ3v) is 3.95. The Morgan fingerprint density at radius 2 is 1.83 bits per heavy atom. The highest BCUT2D eigenvalue weighted by Crippen LogP contribution is 2.08. The van der Waals surface area contributed by atoms with Crippen molar-refractivity contribution in [3.05, 3.63) is 0 Å². The SMILES string of the molecule is CN1CCOC(CN2CCN(CCCN)CC2)C1. The molecule has 0 aromatic carbocycles. The minimum atomic E-state index is 0.402. The molecule has 5 heteroatoms. The Kier molecular flexibility index (Phi) is 5.85. The molecule has 2 rings (SSSR count). The lowest BCUT2D eigenvalue weighted by atomic mass is 10.2. The molecule has 0 bridgehead atoms. The second kappa shape index (κ2) is 7.40. The van der Waals surface area contributed by atoms with E-state index in [9.17, 15) is 0 Å². The molecule has 2 aliphatic heterocycles. The number of nitrogens with zero attached hydrogens (tertiary/aromatic N) is 3. The number of rotatable bonds is 5. The van der Waals surface area contributed by atoms with E-state index in [0.29, 0.717) is 6.10 Å². The van der Waals surface area contributed by atoms with Crippen molar-refractivity contribution in [2.24, 2.45) is 5.73 Å². The number of ether oxygens (including phenoxy) is 1. The van der Waals surface area contributed by atoms with Crippen molar-refractivity contribution in [1.29, 1.82) is 0 Å². The predicted octanol–water partition coefficient (Wildman–Crippen LogP) is -0.717. The summed E-state index contributed by atoms with van der Waals surface area (Å²) < 4.78 is 5.83. The van der Waals surface area contributed by atoms with Gasteiger partial charge in [-0.1, -0.05) is 0 Å². The molecule has 0 aliphatic carbocycles. The molecule has 2 saturated heterocycles. The first kappa shape index (κ1) is 14.2. The second-order valence-corrected chi connectivity index (χ2v) is 5.54. The molecular weight excluding hydrogens is 228 g/mol. The smallest absolute Gasteiger partial charge is 0.0829 e. The minimum Gasteiger partial charge on any atom is -0.374 e. The Balaban J connectivity index is 1.63. The van der Waals surface area contributed by atoms with Crippen LogP contribution in [0, 0.1) is 0 Å². The predicted molar refractivity (Wildman–Crippen MR) is 73.8 cm³/mol. The molecule has 106 valence electrons. The fourth-order valence-electron chi connectivity index (χ4n) is 2.78. The number of likely N-dealkylation sites (N-methyl/N-ethyl adjacent to an activating group) is 1. The molecular formula is C13H28N4O. The van der Waals surface area contributed by atoms with E-state index >= 15 is 0 Å². The van der Waals surface area contributed by atoms with E-state index in [1.807, 2.05) is 0 Å². The number of piperazine rings is 1. The van der Waals surface area contributed by atoms with Crippen LogP contribution in [0.25, 0.3) is 0 Å². The van der Waals surface area contributed by atoms with Gasteiger partial charge in [0.1, 0.15) is 0 Å². The van der Waals surface area contributed by atoms with E-state index in [2.05, 4.69) is 21.7 Å². The third kappa shape index (κ3) is 4.48. The summed E-state index contributed by atoms with van der Waals surface area (Å²) in [5.41, 5.74) is 5.55. The summed E-state index contributed by atoms with van der Waals surface area (Å²) in [5, 5.41) is 0. The lowest BCUT2D eigenvalue weighted by Crippen LogP contribution is -2.52. The molecule has 0 radical (unpaired) electrons. The van der Waals surface area contributed by atoms with E-state index in [1.54, 1.807) is 0 Å². The lowest BCUT2D eigenvalue weighted by molar-refractivity contribution is -0.0410. The molecule has 5 nitrogen and oxygen atoms in total. The fourth-order valence-corrected chi connectivity index (χ4v) is 2.78. The number of hydrogen-bond acceptors (Lipinski definition) is 5. The average molecular weight is 256 g/mol. The molecule has 18 heavy (non-hydrogen) atoms. The van der Waals surface area contributed by atoms with Crippen LogP contribution in [0.2, 0.25) is 0 Å². The number of morpholine rings is 1. The van der Waals surface area contributed by atoms with Crippen LogP contribution in [-0.4, -0.2) is 93.4 Å². The zero-order valence-corrected chi connectivity index (χ0v) is 11.7. The summed E-state index contributed by atoms with van der Waals surface area (Å²) in [6, 6.07) is 0. The maximum atomic E-state index is 5.83. The van der Waals surface area contributed by atoms with Crippen LogP contribution in [0.5, 0.6) is 0 Å². The van der Waals surface area contributed by atoms with E-state index < -0.39 is 0 Å². The van der Waals surface area contributed by atoms with E-state index in [4.69, 9.17) is 10.5 Å². The largest absolute Gasteiger partial charge is 0.374 e. The van der Waals surface area contributed by atoms with Gasteiger partial charge in [0.15, 0.2) is 0 Å². The van der Waals surface area contributed by atoms with Crippen LogP contribution in [0.3, 0.4) is 0 Å². The summed E-state index contributed by atoms with van der Waals surface area (Å²) in [6.07, 6.45) is 1.52. The molecule has 1 atom stereocenters. The molecule has 0 spiro atoms. The van der Waals surface area contributed by atoms with Gasteiger partial charge < -0.3 is 20.3 Å². The van der Waals surface area contributed by atoms with Crippen molar-refractivity contribution in [3.63, 3.8) is 0 Å². The van der Waals surface area contributed by atoms with Crippen LogP contribution in [0.1, 0.15) is 6.42 Å². The molecule has 2 N–H and O–H groups in total. The third-order valence-electron chi connectivity index (χ3n) is 3.95. The molecule has 2 fully saturated rings. The first-order valence-electron chi connectivity index (χ1n) is 7.23. The maximum Gasteiger partial charge on any atom is 0.0829 e. The van der Waals surface area contributed by atoms with E-state index in [-0.39, 0.29) is 0 Å². The molecule has 2 aliphatic rings. The van der Waals surface area contributed by atoms with Crippen LogP contribution < -0.4 is 5.73 Å². The summed E-state index contributed by atoms with van der Waals surface area (Å²) in [4.78, 5) is 7.44. The molecule has 0 saturated carbocycles. The van der Waals surface area contributed by atoms with Gasteiger partial charge in [-0.25, -0.2) is 0 Å². The van der Waals surface area contributed by atoms with Crippen molar-refractivity contribution < 1.29 is 4.74 Å². The Hall–Kier alpha value is -0.200. The standard InChI is InChI=1S/C13H28N4O/c1-15-9-10-18-13(11-15)12-17-7-5-16(6-8-17)4-2-3-14/h13H,2-12,14H2,1H3. The quantitative estimate of drug-likeness (QED) is 0.704. The summed E-state index contributed by atoms with van der Waals surface area (Å²) >= 11 is 0. The van der Waals surface area contributed by atoms with Gasteiger partial charge in [-0.15, -0.1) is 0 Å². The van der Waals surface area contributed by atoms with Crippen molar-refractivity contribution in [2.45, 2.75) is 12.5 Å². The topological polar surface area (TPSA) is 45.0 Å². The van der Waals surface area contributed by atoms with Gasteiger partial charge in [-0.3, -0.25) is 4.90 Å². The number of hydrogen-bond donors (Lipinski definition) is 1. The summed E-state index contributed by atoms with van der Waals surface area (Å²) in [6.45, 7) is 10.8. The summed E-state index contributed by atoms with van der Waals surface area (Å²) in [5.74, 6) is 0. The van der Waals surface area contributed by atoms with E-state index in [1.165, 1.54) is 26.2 Å². The van der Waals surface area contributed by atoms with Crippen molar-refractivity contribution in [2.75, 3.05) is 72.6 Å². The molecule has 0 aromatic heterocycles. The zero-order valence-electron chi connectivity index (χ0n) is 11.7. The van der Waals surface area contributed by atoms with Crippen LogP contribution >= 0.6 is 0 Å². The molecule has 1 unspecified atom stereocenters. The Bertz CT molecular complexity index is 231. The minimum absolute atomic E-state index is 0.402. The van der Waals surface area contributed by atoms with Crippen LogP contribution in [-0.2, 0) is 4.74 Å². The highest BCUT2D eigenvalue weighted by Gasteiger charge is 2.23. The van der Waals surface area contributed by atoms with Gasteiger partial charge in [0.05, 0.1) is 12.7 Å². The highest BCUT2D eigenvalue weighted by atomic mass is 16.5. The lowest BCUT2D eigenvalue weighted by Gasteiger charge is -2.38. The fraction of sp³-hybridized carbons (Fsp3) is 1.00. The molecule has 0 amide bonds. The van der Waals surface area contributed by atoms with Crippen LogP contribution in [0.15, 0.2) is 0 Å². The first-order chi connectivity index (χ1) is 8.78. The van der Waals surface area contributed by atoms with Crippen molar-refractivity contribution in [3.8, 4) is 0 Å². The summed E-state index contributed by atoms with van der Waals surface area (Å²) in [7, 11) is 2.18. The Morgan fingerprint density at radius 1 is 1.11 bits per heavy atom. The normalized spacial score (nSPS) is 28.7. The first-order valence-corrected chi connectivity index (χ1v) is 7.23. The van der Waals surface area contributed by atoms with Crippen molar-refractivity contribution in [1.82, 2.24) is 14.7 Å². The zero-order chi connectivity index (χ0) is 12.8. The van der Waals surface area contributed by atoms with Gasteiger partial charge in [0, 0.05) is 45.8 Å². The maximum absolute atomic E-state index is 5.83. The molecule has 0 aromatic rings. The van der Waals surface area contributed by atoms with E-state index in [0.717, 1.165) is 45.8 Å². The second-order valence-electron chi connectivity index (χ2n) is 5.54. The Labute approximate surface area is 111 Å². The van der Waals surface area contributed by atoms with Gasteiger partial charge >= 0.3 is 0 Å². The van der Waals surface area contributed by atoms with Crippen LogP contribution in [0.4, 0.5) is 0 Å².